The molecule has 0 radical (unpaired) electrons. The lowest BCUT2D eigenvalue weighted by molar-refractivity contribution is 0.826. The molecule has 0 aliphatic carbocycles. The molecular formula is C14H13BrN6. The number of hydrogen-bond acceptors (Lipinski definition) is 5. The Bertz CT molecular complexity index is 741. The molecule has 3 aromatic rings. The van der Waals surface area contributed by atoms with Gasteiger partial charge in [0.1, 0.15) is 18.5 Å². The van der Waals surface area contributed by atoms with Gasteiger partial charge < -0.3 is 5.32 Å². The minimum atomic E-state index is 0.610. The van der Waals surface area contributed by atoms with Gasteiger partial charge in [-0.3, -0.25) is 0 Å². The molecule has 0 atom stereocenters. The van der Waals surface area contributed by atoms with Crippen LogP contribution >= 0.6 is 15.9 Å². The van der Waals surface area contributed by atoms with E-state index in [1.165, 1.54) is 6.33 Å². The second kappa shape index (κ2) is 6.01. The van der Waals surface area contributed by atoms with E-state index in [9.17, 15) is 0 Å². The fraction of sp³-hybridized carbons (Fsp3) is 0.143. The third-order valence-electron chi connectivity index (χ3n) is 2.99. The minimum Gasteiger partial charge on any atom is -0.366 e. The van der Waals surface area contributed by atoms with Crippen molar-refractivity contribution >= 4 is 21.7 Å². The summed E-state index contributed by atoms with van der Waals surface area (Å²) in [6.07, 6.45) is 6.64. The number of anilines is 1. The molecule has 21 heavy (non-hydrogen) atoms. The Labute approximate surface area is 130 Å². The molecule has 3 aromatic heterocycles. The SMILES string of the molecule is Cc1cc(Br)cnc1NCc1cccnc1-n1cncn1. The van der Waals surface area contributed by atoms with Gasteiger partial charge in [0.2, 0.25) is 0 Å². The van der Waals surface area contributed by atoms with Crippen LogP contribution in [0.3, 0.4) is 0 Å². The van der Waals surface area contributed by atoms with Gasteiger partial charge in [-0.15, -0.1) is 0 Å². The van der Waals surface area contributed by atoms with Crippen molar-refractivity contribution in [2.45, 2.75) is 13.5 Å². The van der Waals surface area contributed by atoms with E-state index < -0.39 is 0 Å². The Morgan fingerprint density at radius 3 is 3.00 bits per heavy atom. The summed E-state index contributed by atoms with van der Waals surface area (Å²) < 4.78 is 2.62. The van der Waals surface area contributed by atoms with Gasteiger partial charge in [-0.1, -0.05) is 6.07 Å². The summed E-state index contributed by atoms with van der Waals surface area (Å²) in [5.74, 6) is 1.61. The molecule has 3 heterocycles. The molecule has 0 amide bonds. The van der Waals surface area contributed by atoms with Crippen LogP contribution in [-0.4, -0.2) is 24.7 Å². The first-order valence-electron chi connectivity index (χ1n) is 6.39. The molecule has 0 aliphatic rings. The van der Waals surface area contributed by atoms with Gasteiger partial charge in [-0.05, 0) is 40.5 Å². The van der Waals surface area contributed by atoms with E-state index >= 15 is 0 Å². The predicted molar refractivity (Wildman–Crippen MR) is 83.2 cm³/mol. The lowest BCUT2D eigenvalue weighted by Crippen LogP contribution is -2.08. The Morgan fingerprint density at radius 2 is 2.24 bits per heavy atom. The minimum absolute atomic E-state index is 0.610. The van der Waals surface area contributed by atoms with Crippen molar-refractivity contribution in [3.05, 3.63) is 58.8 Å². The highest BCUT2D eigenvalue weighted by Gasteiger charge is 2.07. The average molecular weight is 345 g/mol. The molecular weight excluding hydrogens is 332 g/mol. The normalized spacial score (nSPS) is 10.6. The molecule has 0 fully saturated rings. The molecule has 106 valence electrons. The zero-order chi connectivity index (χ0) is 14.7. The smallest absolute Gasteiger partial charge is 0.160 e. The summed E-state index contributed by atoms with van der Waals surface area (Å²) in [4.78, 5) is 12.7. The van der Waals surface area contributed by atoms with E-state index in [4.69, 9.17) is 0 Å². The number of hydrogen-bond donors (Lipinski definition) is 1. The maximum absolute atomic E-state index is 4.37. The number of halogens is 1. The summed E-state index contributed by atoms with van der Waals surface area (Å²) in [6, 6.07) is 5.93. The maximum atomic E-state index is 4.37. The zero-order valence-corrected chi connectivity index (χ0v) is 12.9. The summed E-state index contributed by atoms with van der Waals surface area (Å²) in [6.45, 7) is 2.63. The molecule has 0 unspecified atom stereocenters. The van der Waals surface area contributed by atoms with Crippen LogP contribution in [0.1, 0.15) is 11.1 Å². The van der Waals surface area contributed by atoms with Gasteiger partial charge in [0.25, 0.3) is 0 Å². The van der Waals surface area contributed by atoms with Crippen molar-refractivity contribution in [2.24, 2.45) is 0 Å². The van der Waals surface area contributed by atoms with E-state index in [2.05, 4.69) is 41.3 Å². The molecule has 0 spiro atoms. The topological polar surface area (TPSA) is 68.5 Å². The molecule has 3 rings (SSSR count). The lowest BCUT2D eigenvalue weighted by atomic mass is 10.2. The van der Waals surface area contributed by atoms with Crippen molar-refractivity contribution in [1.29, 1.82) is 0 Å². The van der Waals surface area contributed by atoms with Crippen molar-refractivity contribution in [1.82, 2.24) is 24.7 Å². The maximum Gasteiger partial charge on any atom is 0.160 e. The molecule has 0 aromatic carbocycles. The van der Waals surface area contributed by atoms with Gasteiger partial charge in [0.05, 0.1) is 0 Å². The van der Waals surface area contributed by atoms with Gasteiger partial charge in [-0.25, -0.2) is 19.6 Å². The molecule has 0 bridgehead atoms. The number of aromatic nitrogens is 5. The van der Waals surface area contributed by atoms with Crippen LogP contribution in [0.2, 0.25) is 0 Å². The Kier molecular flexibility index (Phi) is 3.92. The van der Waals surface area contributed by atoms with Crippen LogP contribution in [0.4, 0.5) is 5.82 Å². The molecule has 0 saturated carbocycles. The van der Waals surface area contributed by atoms with Crippen LogP contribution in [0.5, 0.6) is 0 Å². The fourth-order valence-electron chi connectivity index (χ4n) is 2.00. The summed E-state index contributed by atoms with van der Waals surface area (Å²) in [7, 11) is 0. The molecule has 0 aliphatic heterocycles. The first-order valence-corrected chi connectivity index (χ1v) is 7.18. The van der Waals surface area contributed by atoms with Gasteiger partial charge in [0, 0.05) is 29.0 Å². The van der Waals surface area contributed by atoms with Crippen LogP contribution in [0.25, 0.3) is 5.82 Å². The second-order valence-corrected chi connectivity index (χ2v) is 5.41. The van der Waals surface area contributed by atoms with Crippen molar-refractivity contribution in [3.63, 3.8) is 0 Å². The third kappa shape index (κ3) is 3.08. The Balaban J connectivity index is 1.83. The number of rotatable bonds is 4. The standard InChI is InChI=1S/C14H13BrN6/c1-10-5-12(15)7-19-13(10)18-6-11-3-2-4-17-14(11)21-9-16-8-20-21/h2-5,7-9H,6H2,1H3,(H,18,19). The highest BCUT2D eigenvalue weighted by molar-refractivity contribution is 9.10. The fourth-order valence-corrected chi connectivity index (χ4v) is 2.44. The summed E-state index contributed by atoms with van der Waals surface area (Å²) in [5.41, 5.74) is 2.10. The van der Waals surface area contributed by atoms with Crippen molar-refractivity contribution < 1.29 is 0 Å². The van der Waals surface area contributed by atoms with Crippen LogP contribution in [-0.2, 0) is 6.54 Å². The summed E-state index contributed by atoms with van der Waals surface area (Å²) >= 11 is 3.41. The van der Waals surface area contributed by atoms with Crippen molar-refractivity contribution in [2.75, 3.05) is 5.32 Å². The number of aryl methyl sites for hydroxylation is 1. The average Bonchev–Trinajstić information content (AvgIpc) is 3.01. The summed E-state index contributed by atoms with van der Waals surface area (Å²) in [5, 5.41) is 7.45. The second-order valence-electron chi connectivity index (χ2n) is 4.50. The van der Waals surface area contributed by atoms with Crippen LogP contribution in [0.15, 0.2) is 47.7 Å². The zero-order valence-electron chi connectivity index (χ0n) is 11.4. The number of nitrogens with one attached hydrogen (secondary N) is 1. The van der Waals surface area contributed by atoms with E-state index in [1.54, 1.807) is 23.4 Å². The van der Waals surface area contributed by atoms with Gasteiger partial charge in [-0.2, -0.15) is 5.10 Å². The monoisotopic (exact) mass is 344 g/mol. The van der Waals surface area contributed by atoms with E-state index in [1.807, 2.05) is 25.1 Å². The number of pyridine rings is 2. The van der Waals surface area contributed by atoms with Crippen LogP contribution in [0, 0.1) is 6.92 Å². The largest absolute Gasteiger partial charge is 0.366 e. The molecule has 7 heteroatoms. The predicted octanol–water partition coefficient (Wildman–Crippen LogP) is 2.74. The first-order chi connectivity index (χ1) is 10.2. The van der Waals surface area contributed by atoms with Crippen LogP contribution < -0.4 is 5.32 Å². The number of nitrogens with zero attached hydrogens (tertiary/aromatic N) is 5. The molecule has 0 saturated heterocycles. The van der Waals surface area contributed by atoms with E-state index in [0.29, 0.717) is 6.54 Å². The Hall–Kier alpha value is -2.28. The first kappa shape index (κ1) is 13.7. The van der Waals surface area contributed by atoms with Crippen molar-refractivity contribution in [3.8, 4) is 5.82 Å². The van der Waals surface area contributed by atoms with Gasteiger partial charge in [0.15, 0.2) is 5.82 Å². The van der Waals surface area contributed by atoms with E-state index in [0.717, 1.165) is 27.2 Å². The highest BCUT2D eigenvalue weighted by Crippen LogP contribution is 2.18. The molecule has 1 N–H and O–H groups in total. The van der Waals surface area contributed by atoms with Gasteiger partial charge >= 0.3 is 0 Å². The lowest BCUT2D eigenvalue weighted by Gasteiger charge is -2.11. The highest BCUT2D eigenvalue weighted by atomic mass is 79.9. The molecule has 6 nitrogen and oxygen atoms in total. The third-order valence-corrected chi connectivity index (χ3v) is 3.43. The quantitative estimate of drug-likeness (QED) is 0.788. The Morgan fingerprint density at radius 1 is 1.33 bits per heavy atom. The van der Waals surface area contributed by atoms with E-state index in [-0.39, 0.29) is 0 Å².